The Balaban J connectivity index is 2.24. The van der Waals surface area contributed by atoms with Crippen molar-refractivity contribution in [2.24, 2.45) is 5.84 Å². The van der Waals surface area contributed by atoms with E-state index in [9.17, 15) is 4.79 Å². The zero-order valence-corrected chi connectivity index (χ0v) is 9.65. The van der Waals surface area contributed by atoms with Gasteiger partial charge in [-0.2, -0.15) is 0 Å². The molecule has 0 aliphatic heterocycles. The van der Waals surface area contributed by atoms with Crippen LogP contribution in [0.25, 0.3) is 0 Å². The number of aromatic nitrogens is 4. The summed E-state index contributed by atoms with van der Waals surface area (Å²) in [7, 11) is 0. The molecule has 2 rings (SSSR count). The lowest BCUT2D eigenvalue weighted by molar-refractivity contribution is 0.102. The van der Waals surface area contributed by atoms with Gasteiger partial charge in [0.2, 0.25) is 5.13 Å². The first-order valence-corrected chi connectivity index (χ1v) is 5.37. The Labute approximate surface area is 100 Å². The van der Waals surface area contributed by atoms with E-state index >= 15 is 0 Å². The Morgan fingerprint density at radius 3 is 3.00 bits per heavy atom. The number of amides is 1. The summed E-state index contributed by atoms with van der Waals surface area (Å²) in [5.74, 6) is 4.96. The first kappa shape index (κ1) is 11.4. The van der Waals surface area contributed by atoms with E-state index in [0.29, 0.717) is 16.4 Å². The van der Waals surface area contributed by atoms with Crippen LogP contribution in [0, 0.1) is 6.92 Å². The molecule has 0 aliphatic rings. The number of anilines is 2. The van der Waals surface area contributed by atoms with Gasteiger partial charge in [-0.15, -0.1) is 0 Å². The van der Waals surface area contributed by atoms with Crippen LogP contribution in [-0.4, -0.2) is 25.7 Å². The number of pyridine rings is 1. The molecule has 1 amide bonds. The van der Waals surface area contributed by atoms with E-state index in [-0.39, 0.29) is 5.91 Å². The molecule has 0 saturated heterocycles. The Kier molecular flexibility index (Phi) is 3.21. The highest BCUT2D eigenvalue weighted by Crippen LogP contribution is 2.16. The number of nitrogens with two attached hydrogens (primary N) is 1. The fourth-order valence-electron chi connectivity index (χ4n) is 1.21. The van der Waals surface area contributed by atoms with E-state index < -0.39 is 0 Å². The van der Waals surface area contributed by atoms with E-state index in [4.69, 9.17) is 5.84 Å². The summed E-state index contributed by atoms with van der Waals surface area (Å²) in [6.45, 7) is 1.80. The van der Waals surface area contributed by atoms with Gasteiger partial charge in [-0.3, -0.25) is 20.9 Å². The average molecular weight is 251 g/mol. The minimum Gasteiger partial charge on any atom is -0.323 e. The van der Waals surface area contributed by atoms with E-state index in [1.165, 1.54) is 6.20 Å². The van der Waals surface area contributed by atoms with E-state index in [1.807, 2.05) is 0 Å². The second kappa shape index (κ2) is 4.80. The summed E-state index contributed by atoms with van der Waals surface area (Å²) >= 11 is 0.986. The topological polar surface area (TPSA) is 119 Å². The number of nitrogens with zero attached hydrogens (tertiary/aromatic N) is 4. The Hall–Kier alpha value is -2.13. The summed E-state index contributed by atoms with van der Waals surface area (Å²) in [6, 6.07) is 1.67. The summed E-state index contributed by atoms with van der Waals surface area (Å²) in [4.78, 5) is 15.9. The van der Waals surface area contributed by atoms with Crippen molar-refractivity contribution in [3.8, 4) is 0 Å². The maximum atomic E-state index is 11.9. The fourth-order valence-corrected chi connectivity index (χ4v) is 1.57. The van der Waals surface area contributed by atoms with Gasteiger partial charge in [0, 0.05) is 23.4 Å². The molecule has 0 radical (unpaired) electrons. The van der Waals surface area contributed by atoms with Crippen LogP contribution >= 0.6 is 11.5 Å². The molecule has 2 aromatic rings. The number of aryl methyl sites for hydroxylation is 1. The van der Waals surface area contributed by atoms with Gasteiger partial charge in [0.15, 0.2) is 0 Å². The number of carbonyl (C=O) groups is 1. The Morgan fingerprint density at radius 2 is 2.35 bits per heavy atom. The molecule has 4 N–H and O–H groups in total. The van der Waals surface area contributed by atoms with Gasteiger partial charge in [0.1, 0.15) is 0 Å². The predicted octanol–water partition coefficient (Wildman–Crippen LogP) is 0.174. The number of hydrogen-bond donors (Lipinski definition) is 3. The highest BCUT2D eigenvalue weighted by Gasteiger charge is 2.13. The van der Waals surface area contributed by atoms with Crippen molar-refractivity contribution in [2.75, 3.05) is 10.7 Å². The third-order valence-corrected chi connectivity index (χ3v) is 2.47. The lowest BCUT2D eigenvalue weighted by atomic mass is 10.2. The Bertz CT molecular complexity index is 527. The van der Waals surface area contributed by atoms with Crippen LogP contribution in [0.1, 0.15) is 16.1 Å². The minimum absolute atomic E-state index is 0.318. The summed E-state index contributed by atoms with van der Waals surface area (Å²) in [6.07, 6.45) is 1.44. The van der Waals surface area contributed by atoms with Crippen molar-refractivity contribution < 1.29 is 4.79 Å². The smallest absolute Gasteiger partial charge is 0.261 e. The molecule has 88 valence electrons. The second-order valence-electron chi connectivity index (χ2n) is 3.14. The molecule has 0 fully saturated rings. The van der Waals surface area contributed by atoms with Crippen molar-refractivity contribution in [1.82, 2.24) is 19.8 Å². The van der Waals surface area contributed by atoms with Crippen molar-refractivity contribution >= 4 is 28.3 Å². The minimum atomic E-state index is -0.371. The molecular formula is C8H9N7OS. The highest BCUT2D eigenvalue weighted by molar-refractivity contribution is 7.09. The molecular weight excluding hydrogens is 242 g/mol. The summed E-state index contributed by atoms with van der Waals surface area (Å²) in [5.41, 5.74) is 4.02. The standard InChI is InChI=1S/C8H9N7OS/c1-4-2-6(12-9)5(3-10-4)7(16)11-8-13-14-15-17-8/h2-3H,9H2,1H3,(H,10,12)(H,11,13,15,16). The monoisotopic (exact) mass is 251 g/mol. The number of hydrogen-bond acceptors (Lipinski definition) is 8. The maximum Gasteiger partial charge on any atom is 0.261 e. The number of nitrogen functional groups attached to an aromatic ring is 1. The third-order valence-electron chi connectivity index (χ3n) is 1.96. The van der Waals surface area contributed by atoms with E-state index in [2.05, 4.69) is 30.5 Å². The maximum absolute atomic E-state index is 11.9. The normalized spacial score (nSPS) is 10.0. The zero-order valence-electron chi connectivity index (χ0n) is 8.84. The van der Waals surface area contributed by atoms with Crippen LogP contribution < -0.4 is 16.6 Å². The molecule has 0 atom stereocenters. The average Bonchev–Trinajstić information content (AvgIpc) is 2.81. The van der Waals surface area contributed by atoms with Gasteiger partial charge >= 0.3 is 0 Å². The number of nitrogens with one attached hydrogen (secondary N) is 2. The number of carbonyl (C=O) groups excluding carboxylic acids is 1. The molecule has 9 heteroatoms. The van der Waals surface area contributed by atoms with Crippen molar-refractivity contribution in [2.45, 2.75) is 6.92 Å². The molecule has 8 nitrogen and oxygen atoms in total. The quantitative estimate of drug-likeness (QED) is 0.525. The lowest BCUT2D eigenvalue weighted by Crippen LogP contribution is -2.17. The van der Waals surface area contributed by atoms with Gasteiger partial charge in [-0.1, -0.05) is 9.59 Å². The lowest BCUT2D eigenvalue weighted by Gasteiger charge is -2.07. The molecule has 0 bridgehead atoms. The predicted molar refractivity (Wildman–Crippen MR) is 62.4 cm³/mol. The van der Waals surface area contributed by atoms with Gasteiger partial charge in [0.05, 0.1) is 11.3 Å². The van der Waals surface area contributed by atoms with Gasteiger partial charge in [-0.25, -0.2) is 0 Å². The molecule has 17 heavy (non-hydrogen) atoms. The number of rotatable bonds is 3. The molecule has 2 aromatic heterocycles. The SMILES string of the molecule is Cc1cc(NN)c(C(=O)Nc2nnns2)cn1. The van der Waals surface area contributed by atoms with Gasteiger partial charge in [-0.05, 0) is 18.2 Å². The van der Waals surface area contributed by atoms with Crippen molar-refractivity contribution in [3.05, 3.63) is 23.5 Å². The van der Waals surface area contributed by atoms with Crippen molar-refractivity contribution in [3.63, 3.8) is 0 Å². The highest BCUT2D eigenvalue weighted by atomic mass is 32.1. The second-order valence-corrected chi connectivity index (χ2v) is 3.87. The summed E-state index contributed by atoms with van der Waals surface area (Å²) in [5, 5.41) is 9.84. The molecule has 0 spiro atoms. The number of hydrazine groups is 1. The van der Waals surface area contributed by atoms with Gasteiger partial charge < -0.3 is 5.43 Å². The molecule has 2 heterocycles. The van der Waals surface area contributed by atoms with Crippen LogP contribution in [0.4, 0.5) is 10.8 Å². The molecule has 0 aromatic carbocycles. The van der Waals surface area contributed by atoms with Gasteiger partial charge in [0.25, 0.3) is 5.91 Å². The van der Waals surface area contributed by atoms with Crippen LogP contribution in [0.5, 0.6) is 0 Å². The van der Waals surface area contributed by atoms with Crippen molar-refractivity contribution in [1.29, 1.82) is 0 Å². The third kappa shape index (κ3) is 2.52. The fraction of sp³-hybridized carbons (Fsp3) is 0.125. The van der Waals surface area contributed by atoms with Crippen LogP contribution in [0.2, 0.25) is 0 Å². The van der Waals surface area contributed by atoms with Crippen LogP contribution in [0.3, 0.4) is 0 Å². The van der Waals surface area contributed by atoms with Crippen LogP contribution in [0.15, 0.2) is 12.3 Å². The molecule has 0 aliphatic carbocycles. The zero-order chi connectivity index (χ0) is 12.3. The first-order valence-electron chi connectivity index (χ1n) is 4.60. The van der Waals surface area contributed by atoms with E-state index in [1.54, 1.807) is 13.0 Å². The van der Waals surface area contributed by atoms with Crippen LogP contribution in [-0.2, 0) is 0 Å². The summed E-state index contributed by atoms with van der Waals surface area (Å²) < 4.78 is 3.54. The Morgan fingerprint density at radius 1 is 1.53 bits per heavy atom. The molecule has 0 saturated carbocycles. The largest absolute Gasteiger partial charge is 0.323 e. The van der Waals surface area contributed by atoms with E-state index in [0.717, 1.165) is 17.2 Å². The molecule has 0 unspecified atom stereocenters. The first-order chi connectivity index (χ1) is 8.20.